The molecule has 2 aliphatic heterocycles. The van der Waals surface area contributed by atoms with Crippen molar-refractivity contribution in [3.8, 4) is 0 Å². The Balaban J connectivity index is 2.07. The number of anilines is 1. The predicted molar refractivity (Wildman–Crippen MR) is 68.3 cm³/mol. The van der Waals surface area contributed by atoms with E-state index in [2.05, 4.69) is 26.2 Å². The molecular weight excluding hydrogens is 298 g/mol. The zero-order valence-corrected chi connectivity index (χ0v) is 11.2. The summed E-state index contributed by atoms with van der Waals surface area (Å²) in [6.45, 7) is 1.97. The molecule has 3 rings (SSSR count). The molecule has 0 aliphatic carbocycles. The van der Waals surface area contributed by atoms with Crippen molar-refractivity contribution in [2.75, 3.05) is 11.4 Å². The minimum absolute atomic E-state index is 0.217. The highest BCUT2D eigenvalue weighted by Gasteiger charge is 2.59. The van der Waals surface area contributed by atoms with Crippen molar-refractivity contribution in [2.45, 2.75) is 12.5 Å². The number of fused-ring (bicyclic) bond motifs is 1. The fraction of sp³-hybridized carbons (Fsp3) is 0.333. The van der Waals surface area contributed by atoms with Gasteiger partial charge in [0.1, 0.15) is 0 Å². The lowest BCUT2D eigenvalue weighted by atomic mass is 9.90. The Hall–Kier alpha value is -1.56. The van der Waals surface area contributed by atoms with Crippen LogP contribution in [0.3, 0.4) is 0 Å². The molecule has 1 aromatic rings. The number of azo groups is 1. The van der Waals surface area contributed by atoms with Crippen LogP contribution in [0.4, 0.5) is 5.69 Å². The van der Waals surface area contributed by atoms with Gasteiger partial charge in [0.25, 0.3) is 5.91 Å². The van der Waals surface area contributed by atoms with Crippen LogP contribution >= 0.6 is 15.9 Å². The zero-order valence-electron chi connectivity index (χ0n) is 9.63. The summed E-state index contributed by atoms with van der Waals surface area (Å²) in [4.78, 5) is 25.9. The Morgan fingerprint density at radius 3 is 2.89 bits per heavy atom. The molecule has 5 nitrogen and oxygen atoms in total. The number of rotatable bonds is 1. The summed E-state index contributed by atoms with van der Waals surface area (Å²) < 4.78 is 0.824. The van der Waals surface area contributed by atoms with Crippen molar-refractivity contribution in [1.29, 1.82) is 0 Å². The first-order valence-electron chi connectivity index (χ1n) is 5.56. The van der Waals surface area contributed by atoms with Gasteiger partial charge in [-0.25, -0.2) is 4.90 Å². The molecule has 1 fully saturated rings. The third kappa shape index (κ3) is 1.38. The van der Waals surface area contributed by atoms with E-state index in [4.69, 9.17) is 0 Å². The number of hydrogen-bond acceptors (Lipinski definition) is 4. The minimum atomic E-state index is -1.01. The Bertz CT molecular complexity index is 586. The summed E-state index contributed by atoms with van der Waals surface area (Å²) in [6, 6.07) is 7.12. The Morgan fingerprint density at radius 2 is 2.22 bits per heavy atom. The van der Waals surface area contributed by atoms with Crippen molar-refractivity contribution in [3.05, 3.63) is 28.7 Å². The summed E-state index contributed by atoms with van der Waals surface area (Å²) in [7, 11) is 0. The lowest BCUT2D eigenvalue weighted by Gasteiger charge is -2.16. The van der Waals surface area contributed by atoms with Gasteiger partial charge < -0.3 is 0 Å². The molecule has 2 heterocycles. The van der Waals surface area contributed by atoms with Gasteiger partial charge in [-0.15, -0.1) is 0 Å². The van der Waals surface area contributed by atoms with Crippen molar-refractivity contribution >= 4 is 33.4 Å². The number of nitrogens with zero attached hydrogens (tertiary/aromatic N) is 3. The number of benzene rings is 1. The standard InChI is InChI=1S/C12H10BrN3O2/c1-12-9(6-14-15-12)10(17)16(11(12)18)8-4-2-3-7(13)5-8/h2-5,9H,6H2,1H3. The molecule has 2 unspecified atom stereocenters. The highest BCUT2D eigenvalue weighted by molar-refractivity contribution is 9.10. The molecule has 0 radical (unpaired) electrons. The van der Waals surface area contributed by atoms with Gasteiger partial charge in [0.15, 0.2) is 5.54 Å². The molecule has 0 aromatic heterocycles. The normalized spacial score (nSPS) is 30.1. The Labute approximate surface area is 112 Å². The van der Waals surface area contributed by atoms with Gasteiger partial charge >= 0.3 is 0 Å². The predicted octanol–water partition coefficient (Wildman–Crippen LogP) is 2.16. The zero-order chi connectivity index (χ0) is 12.9. The number of imide groups is 1. The topological polar surface area (TPSA) is 62.1 Å². The van der Waals surface area contributed by atoms with Crippen LogP contribution in [-0.4, -0.2) is 23.9 Å². The van der Waals surface area contributed by atoms with Gasteiger partial charge in [0.05, 0.1) is 18.2 Å². The molecule has 6 heteroatoms. The molecule has 18 heavy (non-hydrogen) atoms. The highest BCUT2D eigenvalue weighted by Crippen LogP contribution is 2.40. The lowest BCUT2D eigenvalue weighted by molar-refractivity contribution is -0.122. The Morgan fingerprint density at radius 1 is 1.44 bits per heavy atom. The van der Waals surface area contributed by atoms with Gasteiger partial charge in [0, 0.05) is 4.47 Å². The van der Waals surface area contributed by atoms with E-state index in [1.807, 2.05) is 6.07 Å². The van der Waals surface area contributed by atoms with E-state index in [9.17, 15) is 9.59 Å². The van der Waals surface area contributed by atoms with Gasteiger partial charge in [-0.05, 0) is 25.1 Å². The van der Waals surface area contributed by atoms with Crippen LogP contribution in [0.5, 0.6) is 0 Å². The molecule has 1 saturated heterocycles. The van der Waals surface area contributed by atoms with Crippen LogP contribution in [0.15, 0.2) is 39.0 Å². The molecule has 0 N–H and O–H groups in total. The number of amides is 2. The third-order valence-electron chi connectivity index (χ3n) is 3.44. The number of hydrogen-bond donors (Lipinski definition) is 0. The van der Waals surface area contributed by atoms with Crippen molar-refractivity contribution in [2.24, 2.45) is 16.1 Å². The second-order valence-corrected chi connectivity index (χ2v) is 5.50. The maximum Gasteiger partial charge on any atom is 0.264 e. The summed E-state index contributed by atoms with van der Waals surface area (Å²) in [5.74, 6) is -0.966. The third-order valence-corrected chi connectivity index (χ3v) is 3.94. The maximum atomic E-state index is 12.4. The highest BCUT2D eigenvalue weighted by atomic mass is 79.9. The first-order chi connectivity index (χ1) is 8.54. The Kier molecular flexibility index (Phi) is 2.38. The van der Waals surface area contributed by atoms with E-state index >= 15 is 0 Å². The van der Waals surface area contributed by atoms with Crippen LogP contribution in [-0.2, 0) is 9.59 Å². The van der Waals surface area contributed by atoms with Crippen molar-refractivity contribution < 1.29 is 9.59 Å². The van der Waals surface area contributed by atoms with E-state index in [0.717, 1.165) is 4.47 Å². The molecule has 92 valence electrons. The first-order valence-corrected chi connectivity index (χ1v) is 6.36. The van der Waals surface area contributed by atoms with Crippen molar-refractivity contribution in [1.82, 2.24) is 0 Å². The van der Waals surface area contributed by atoms with E-state index in [1.54, 1.807) is 25.1 Å². The van der Waals surface area contributed by atoms with E-state index in [0.29, 0.717) is 12.2 Å². The molecule has 2 atom stereocenters. The molecular formula is C12H10BrN3O2. The van der Waals surface area contributed by atoms with Gasteiger partial charge in [-0.3, -0.25) is 9.59 Å². The first kappa shape index (κ1) is 11.5. The number of carbonyl (C=O) groups excluding carboxylic acids is 2. The molecule has 1 aromatic carbocycles. The van der Waals surface area contributed by atoms with E-state index in [1.165, 1.54) is 4.90 Å². The average molecular weight is 308 g/mol. The summed E-state index contributed by atoms with van der Waals surface area (Å²) in [5, 5.41) is 7.79. The summed E-state index contributed by atoms with van der Waals surface area (Å²) in [5.41, 5.74) is -0.440. The smallest absolute Gasteiger partial charge is 0.264 e. The maximum absolute atomic E-state index is 12.4. The van der Waals surface area contributed by atoms with E-state index in [-0.39, 0.29) is 11.8 Å². The molecule has 0 saturated carbocycles. The SMILES string of the molecule is CC12N=NCC1C(=O)N(c1cccc(Br)c1)C2=O. The van der Waals surface area contributed by atoms with Crippen LogP contribution in [0.2, 0.25) is 0 Å². The molecule has 2 aliphatic rings. The largest absolute Gasteiger partial charge is 0.274 e. The molecule has 0 bridgehead atoms. The van der Waals surface area contributed by atoms with Crippen molar-refractivity contribution in [3.63, 3.8) is 0 Å². The average Bonchev–Trinajstić information content (AvgIpc) is 2.79. The van der Waals surface area contributed by atoms with Crippen LogP contribution in [0.25, 0.3) is 0 Å². The van der Waals surface area contributed by atoms with E-state index < -0.39 is 11.5 Å². The number of halogens is 1. The molecule has 0 spiro atoms. The minimum Gasteiger partial charge on any atom is -0.274 e. The quantitative estimate of drug-likeness (QED) is 0.746. The molecule has 2 amide bonds. The number of carbonyl (C=O) groups is 2. The second kappa shape index (κ2) is 3.71. The lowest BCUT2D eigenvalue weighted by Crippen LogP contribution is -2.37. The van der Waals surface area contributed by atoms with Crippen LogP contribution in [0, 0.1) is 5.92 Å². The summed E-state index contributed by atoms with van der Waals surface area (Å²) in [6.07, 6.45) is 0. The monoisotopic (exact) mass is 307 g/mol. The van der Waals surface area contributed by atoms with Crippen LogP contribution in [0.1, 0.15) is 6.92 Å². The van der Waals surface area contributed by atoms with Crippen LogP contribution < -0.4 is 4.90 Å². The fourth-order valence-electron chi connectivity index (χ4n) is 2.37. The van der Waals surface area contributed by atoms with Gasteiger partial charge in [0.2, 0.25) is 5.91 Å². The van der Waals surface area contributed by atoms with Gasteiger partial charge in [-0.2, -0.15) is 10.2 Å². The second-order valence-electron chi connectivity index (χ2n) is 4.58. The van der Waals surface area contributed by atoms with Gasteiger partial charge in [-0.1, -0.05) is 22.0 Å². The fourth-order valence-corrected chi connectivity index (χ4v) is 2.76. The summed E-state index contributed by atoms with van der Waals surface area (Å²) >= 11 is 3.33.